The number of methoxy groups -OCH3 is 1. The smallest absolute Gasteiger partial charge is 0.163 e. The van der Waals surface area contributed by atoms with Gasteiger partial charge in [0.05, 0.1) is 24.0 Å². The third-order valence-corrected chi connectivity index (χ3v) is 2.92. The van der Waals surface area contributed by atoms with Crippen LogP contribution in [-0.4, -0.2) is 44.7 Å². The highest BCUT2D eigenvalue weighted by Crippen LogP contribution is 2.37. The number of anilines is 2. The summed E-state index contributed by atoms with van der Waals surface area (Å²) in [5, 5.41) is 12.3. The minimum absolute atomic E-state index is 0.000131. The summed E-state index contributed by atoms with van der Waals surface area (Å²) < 4.78 is 16.1. The van der Waals surface area contributed by atoms with E-state index in [1.54, 1.807) is 13.2 Å². The summed E-state index contributed by atoms with van der Waals surface area (Å²) in [5.41, 5.74) is 7.33. The Morgan fingerprint density at radius 3 is 2.68 bits per heavy atom. The minimum Gasteiger partial charge on any atom is -0.486 e. The van der Waals surface area contributed by atoms with Gasteiger partial charge in [-0.25, -0.2) is 0 Å². The normalized spacial score (nSPS) is 15.1. The van der Waals surface area contributed by atoms with Crippen molar-refractivity contribution in [1.29, 1.82) is 0 Å². The largest absolute Gasteiger partial charge is 0.486 e. The van der Waals surface area contributed by atoms with Crippen LogP contribution in [0.1, 0.15) is 6.42 Å². The standard InChI is InChI=1S/C13H20N2O4/c1-17-8-9(2-3-16)15-11-7-13-12(6-10(11)14)18-4-5-19-13/h6-7,9,15-16H,2-5,8,14H2,1H3. The van der Waals surface area contributed by atoms with E-state index in [1.807, 2.05) is 6.07 Å². The van der Waals surface area contributed by atoms with Gasteiger partial charge in [-0.15, -0.1) is 0 Å². The first-order chi connectivity index (χ1) is 9.24. The number of aliphatic hydroxyl groups excluding tert-OH is 1. The van der Waals surface area contributed by atoms with Crippen LogP contribution in [-0.2, 0) is 4.74 Å². The Morgan fingerprint density at radius 1 is 1.37 bits per heavy atom. The second-order valence-corrected chi connectivity index (χ2v) is 4.39. The molecule has 0 radical (unpaired) electrons. The van der Waals surface area contributed by atoms with Crippen molar-refractivity contribution in [2.75, 3.05) is 44.6 Å². The SMILES string of the molecule is COCC(CCO)Nc1cc2c(cc1N)OCCO2. The number of aliphatic hydroxyl groups is 1. The Balaban J connectivity index is 2.14. The van der Waals surface area contributed by atoms with Crippen molar-refractivity contribution in [2.45, 2.75) is 12.5 Å². The van der Waals surface area contributed by atoms with Crippen LogP contribution in [0.25, 0.3) is 0 Å². The van der Waals surface area contributed by atoms with Crippen molar-refractivity contribution < 1.29 is 19.3 Å². The lowest BCUT2D eigenvalue weighted by Gasteiger charge is -2.23. The fourth-order valence-corrected chi connectivity index (χ4v) is 2.00. The predicted molar refractivity (Wildman–Crippen MR) is 72.8 cm³/mol. The highest BCUT2D eigenvalue weighted by atomic mass is 16.6. The molecule has 6 heteroatoms. The van der Waals surface area contributed by atoms with E-state index in [1.165, 1.54) is 0 Å². The molecule has 1 aliphatic rings. The molecule has 6 nitrogen and oxygen atoms in total. The van der Waals surface area contributed by atoms with Crippen molar-refractivity contribution in [1.82, 2.24) is 0 Å². The minimum atomic E-state index is -0.000131. The quantitative estimate of drug-likeness (QED) is 0.663. The van der Waals surface area contributed by atoms with E-state index < -0.39 is 0 Å². The molecule has 106 valence electrons. The molecule has 0 fully saturated rings. The number of rotatable bonds is 6. The Labute approximate surface area is 112 Å². The summed E-state index contributed by atoms with van der Waals surface area (Å²) in [6.45, 7) is 1.66. The second-order valence-electron chi connectivity index (χ2n) is 4.39. The molecule has 0 aromatic heterocycles. The Morgan fingerprint density at radius 2 is 2.05 bits per heavy atom. The van der Waals surface area contributed by atoms with Crippen LogP contribution in [0.3, 0.4) is 0 Å². The summed E-state index contributed by atoms with van der Waals surface area (Å²) in [4.78, 5) is 0. The Bertz CT molecular complexity index is 419. The van der Waals surface area contributed by atoms with Gasteiger partial charge in [-0.3, -0.25) is 0 Å². The lowest BCUT2D eigenvalue weighted by molar-refractivity contribution is 0.169. The zero-order chi connectivity index (χ0) is 13.7. The average Bonchev–Trinajstić information content (AvgIpc) is 2.40. The molecule has 0 aliphatic carbocycles. The van der Waals surface area contributed by atoms with Crippen molar-refractivity contribution in [3.8, 4) is 11.5 Å². The van der Waals surface area contributed by atoms with E-state index in [0.29, 0.717) is 43.4 Å². The van der Waals surface area contributed by atoms with E-state index in [0.717, 1.165) is 5.69 Å². The summed E-state index contributed by atoms with van der Waals surface area (Å²) in [5.74, 6) is 1.35. The van der Waals surface area contributed by atoms with Crippen molar-refractivity contribution >= 4 is 11.4 Å². The van der Waals surface area contributed by atoms with Crippen LogP contribution in [0, 0.1) is 0 Å². The van der Waals surface area contributed by atoms with Crippen molar-refractivity contribution in [3.63, 3.8) is 0 Å². The van der Waals surface area contributed by atoms with E-state index in [9.17, 15) is 0 Å². The summed E-state index contributed by atoms with van der Waals surface area (Å²) >= 11 is 0. The first-order valence-corrected chi connectivity index (χ1v) is 6.30. The number of fused-ring (bicyclic) bond motifs is 1. The van der Waals surface area contributed by atoms with Crippen LogP contribution in [0.2, 0.25) is 0 Å². The van der Waals surface area contributed by atoms with Gasteiger partial charge in [-0.2, -0.15) is 0 Å². The molecular weight excluding hydrogens is 248 g/mol. The van der Waals surface area contributed by atoms with Crippen LogP contribution in [0.4, 0.5) is 11.4 Å². The third-order valence-electron chi connectivity index (χ3n) is 2.92. The fraction of sp³-hybridized carbons (Fsp3) is 0.538. The molecule has 1 unspecified atom stereocenters. The number of nitrogen functional groups attached to an aromatic ring is 1. The molecular formula is C13H20N2O4. The van der Waals surface area contributed by atoms with Crippen LogP contribution < -0.4 is 20.5 Å². The van der Waals surface area contributed by atoms with Gasteiger partial charge >= 0.3 is 0 Å². The number of nitrogens with one attached hydrogen (secondary N) is 1. The van der Waals surface area contributed by atoms with Gasteiger partial charge in [0.2, 0.25) is 0 Å². The second kappa shape index (κ2) is 6.49. The lowest BCUT2D eigenvalue weighted by atomic mass is 10.1. The van der Waals surface area contributed by atoms with Crippen LogP contribution in [0.5, 0.6) is 11.5 Å². The van der Waals surface area contributed by atoms with Crippen molar-refractivity contribution in [2.24, 2.45) is 0 Å². The number of ether oxygens (including phenoxy) is 3. The van der Waals surface area contributed by atoms with Gasteiger partial charge in [0.15, 0.2) is 11.5 Å². The molecule has 4 N–H and O–H groups in total. The first kappa shape index (κ1) is 13.8. The summed E-state index contributed by atoms with van der Waals surface area (Å²) in [6.07, 6.45) is 0.585. The Hall–Kier alpha value is -1.66. The van der Waals surface area contributed by atoms with Gasteiger partial charge in [0.1, 0.15) is 13.2 Å². The maximum Gasteiger partial charge on any atom is 0.163 e. The van der Waals surface area contributed by atoms with E-state index in [4.69, 9.17) is 25.1 Å². The topological polar surface area (TPSA) is 86.0 Å². The average molecular weight is 268 g/mol. The van der Waals surface area contributed by atoms with Gasteiger partial charge in [-0.05, 0) is 6.42 Å². The molecule has 0 bridgehead atoms. The van der Waals surface area contributed by atoms with Crippen LogP contribution in [0.15, 0.2) is 12.1 Å². The third kappa shape index (κ3) is 3.42. The van der Waals surface area contributed by atoms with E-state index in [2.05, 4.69) is 5.32 Å². The predicted octanol–water partition coefficient (Wildman–Crippen LogP) is 0.849. The molecule has 1 atom stereocenters. The molecule has 1 heterocycles. The van der Waals surface area contributed by atoms with Gasteiger partial charge in [-0.1, -0.05) is 0 Å². The molecule has 0 spiro atoms. The number of benzene rings is 1. The van der Waals surface area contributed by atoms with Crippen molar-refractivity contribution in [3.05, 3.63) is 12.1 Å². The highest BCUT2D eigenvalue weighted by Gasteiger charge is 2.16. The molecule has 1 aromatic carbocycles. The summed E-state index contributed by atoms with van der Waals surface area (Å²) in [6, 6.07) is 3.57. The zero-order valence-electron chi connectivity index (χ0n) is 11.0. The lowest BCUT2D eigenvalue weighted by Crippen LogP contribution is -2.26. The highest BCUT2D eigenvalue weighted by molar-refractivity contribution is 5.72. The Kier molecular flexibility index (Phi) is 4.70. The van der Waals surface area contributed by atoms with Gasteiger partial charge in [0.25, 0.3) is 0 Å². The van der Waals surface area contributed by atoms with Crippen LogP contribution >= 0.6 is 0 Å². The maximum atomic E-state index is 9.03. The monoisotopic (exact) mass is 268 g/mol. The van der Waals surface area contributed by atoms with Gasteiger partial charge < -0.3 is 30.4 Å². The molecule has 1 aromatic rings. The van der Waals surface area contributed by atoms with E-state index in [-0.39, 0.29) is 12.6 Å². The molecule has 2 rings (SSSR count). The molecule has 0 saturated carbocycles. The maximum absolute atomic E-state index is 9.03. The van der Waals surface area contributed by atoms with Gasteiger partial charge in [0, 0.05) is 25.8 Å². The summed E-state index contributed by atoms with van der Waals surface area (Å²) in [7, 11) is 1.62. The van der Waals surface area contributed by atoms with E-state index >= 15 is 0 Å². The molecule has 0 saturated heterocycles. The molecule has 0 amide bonds. The zero-order valence-corrected chi connectivity index (χ0v) is 11.0. The number of hydrogen-bond acceptors (Lipinski definition) is 6. The molecule has 19 heavy (non-hydrogen) atoms. The fourth-order valence-electron chi connectivity index (χ4n) is 2.00. The number of hydrogen-bond donors (Lipinski definition) is 3. The first-order valence-electron chi connectivity index (χ1n) is 6.30. The number of nitrogens with two attached hydrogens (primary N) is 1. The molecule has 1 aliphatic heterocycles.